The van der Waals surface area contributed by atoms with Crippen LogP contribution < -0.4 is 5.32 Å². The summed E-state index contributed by atoms with van der Waals surface area (Å²) in [6.07, 6.45) is 4.36. The molecule has 1 heterocycles. The molecule has 0 saturated heterocycles. The molecule has 1 aliphatic carbocycles. The third kappa shape index (κ3) is 2.59. The summed E-state index contributed by atoms with van der Waals surface area (Å²) in [7, 11) is 0. The molecule has 4 nitrogen and oxygen atoms in total. The van der Waals surface area contributed by atoms with Crippen LogP contribution in [0.5, 0.6) is 0 Å². The maximum absolute atomic E-state index is 12.0. The van der Waals surface area contributed by atoms with Crippen LogP contribution in [0.1, 0.15) is 35.7 Å². The van der Waals surface area contributed by atoms with Gasteiger partial charge in [-0.3, -0.25) is 10.1 Å². The smallest absolute Gasteiger partial charge is 0.234 e. The molecule has 1 aliphatic rings. The van der Waals surface area contributed by atoms with E-state index < -0.39 is 0 Å². The number of amides is 1. The van der Waals surface area contributed by atoms with E-state index in [1.165, 1.54) is 5.56 Å². The molecule has 0 spiro atoms. The molecule has 0 unspecified atom stereocenters. The molecule has 0 aliphatic heterocycles. The van der Waals surface area contributed by atoms with E-state index in [4.69, 9.17) is 4.52 Å². The van der Waals surface area contributed by atoms with Gasteiger partial charge in [0.2, 0.25) is 11.8 Å². The first kappa shape index (κ1) is 12.9. The van der Waals surface area contributed by atoms with Gasteiger partial charge in [0.25, 0.3) is 0 Å². The molecule has 0 radical (unpaired) electrons. The first-order chi connectivity index (χ1) is 9.76. The van der Waals surface area contributed by atoms with Crippen molar-refractivity contribution in [1.29, 1.82) is 0 Å². The number of carbonyl (C=O) groups excluding carboxylic acids is 1. The lowest BCUT2D eigenvalue weighted by Crippen LogP contribution is -2.14. The standard InChI is InChI=1S/C16H18N2O2/c1-2-11-6-8-12(9-7-11)10-15(19)17-16-13-4-3-5-14(13)18-20-16/h6-9H,2-5,10H2,1H3,(H,17,19). The average molecular weight is 270 g/mol. The lowest BCUT2D eigenvalue weighted by Gasteiger charge is -2.04. The molecular formula is C16H18N2O2. The van der Waals surface area contributed by atoms with Crippen LogP contribution in [0.4, 0.5) is 5.88 Å². The Morgan fingerprint density at radius 2 is 2.00 bits per heavy atom. The number of hydrogen-bond acceptors (Lipinski definition) is 3. The third-order valence-electron chi connectivity index (χ3n) is 3.76. The van der Waals surface area contributed by atoms with Crippen LogP contribution in [0.15, 0.2) is 28.8 Å². The van der Waals surface area contributed by atoms with Gasteiger partial charge >= 0.3 is 0 Å². The minimum atomic E-state index is -0.0555. The van der Waals surface area contributed by atoms with E-state index in [1.54, 1.807) is 0 Å². The second-order valence-corrected chi connectivity index (χ2v) is 5.19. The summed E-state index contributed by atoms with van der Waals surface area (Å²) in [5, 5.41) is 6.82. The van der Waals surface area contributed by atoms with Gasteiger partial charge in [-0.25, -0.2) is 0 Å². The van der Waals surface area contributed by atoms with E-state index in [-0.39, 0.29) is 5.91 Å². The third-order valence-corrected chi connectivity index (χ3v) is 3.76. The average Bonchev–Trinajstić information content (AvgIpc) is 3.05. The van der Waals surface area contributed by atoms with E-state index in [9.17, 15) is 4.79 Å². The van der Waals surface area contributed by atoms with Crippen molar-refractivity contribution in [1.82, 2.24) is 5.16 Å². The number of aryl methyl sites for hydroxylation is 2. The summed E-state index contributed by atoms with van der Waals surface area (Å²) < 4.78 is 5.20. The zero-order chi connectivity index (χ0) is 13.9. The highest BCUT2D eigenvalue weighted by Gasteiger charge is 2.22. The van der Waals surface area contributed by atoms with Crippen LogP contribution in [0.3, 0.4) is 0 Å². The number of nitrogens with zero attached hydrogens (tertiary/aromatic N) is 1. The Kier molecular flexibility index (Phi) is 3.54. The van der Waals surface area contributed by atoms with Crippen LogP contribution in [-0.4, -0.2) is 11.1 Å². The molecule has 2 aromatic rings. The Bertz CT molecular complexity index is 614. The molecule has 0 saturated carbocycles. The van der Waals surface area contributed by atoms with E-state index in [1.807, 2.05) is 12.1 Å². The van der Waals surface area contributed by atoms with Crippen molar-refractivity contribution in [3.05, 3.63) is 46.6 Å². The highest BCUT2D eigenvalue weighted by Crippen LogP contribution is 2.28. The number of benzene rings is 1. The molecule has 0 atom stereocenters. The predicted molar refractivity (Wildman–Crippen MR) is 76.7 cm³/mol. The van der Waals surface area contributed by atoms with Crippen LogP contribution in [0, 0.1) is 0 Å². The van der Waals surface area contributed by atoms with Gasteiger partial charge in [-0.15, -0.1) is 0 Å². The zero-order valence-electron chi connectivity index (χ0n) is 11.6. The normalized spacial score (nSPS) is 13.2. The number of hydrogen-bond donors (Lipinski definition) is 1. The molecule has 1 aromatic heterocycles. The van der Waals surface area contributed by atoms with Gasteiger partial charge in [0, 0.05) is 5.56 Å². The Morgan fingerprint density at radius 1 is 1.25 bits per heavy atom. The second kappa shape index (κ2) is 5.49. The Hall–Kier alpha value is -2.10. The van der Waals surface area contributed by atoms with Crippen molar-refractivity contribution >= 4 is 11.8 Å². The highest BCUT2D eigenvalue weighted by molar-refractivity contribution is 5.91. The van der Waals surface area contributed by atoms with Crippen molar-refractivity contribution in [3.63, 3.8) is 0 Å². The van der Waals surface area contributed by atoms with Crippen LogP contribution in [-0.2, 0) is 30.5 Å². The summed E-state index contributed by atoms with van der Waals surface area (Å²) in [5.41, 5.74) is 4.35. The SMILES string of the molecule is CCc1ccc(CC(=O)Nc2onc3c2CCC3)cc1. The summed E-state index contributed by atoms with van der Waals surface area (Å²) in [5.74, 6) is 0.479. The highest BCUT2D eigenvalue weighted by atomic mass is 16.5. The number of aromatic nitrogens is 1. The molecule has 1 N–H and O–H groups in total. The molecule has 1 amide bonds. The first-order valence-electron chi connectivity index (χ1n) is 7.11. The van der Waals surface area contributed by atoms with Crippen LogP contribution >= 0.6 is 0 Å². The quantitative estimate of drug-likeness (QED) is 0.929. The van der Waals surface area contributed by atoms with E-state index >= 15 is 0 Å². The van der Waals surface area contributed by atoms with Crippen molar-refractivity contribution in [2.45, 2.75) is 39.0 Å². The van der Waals surface area contributed by atoms with Crippen LogP contribution in [0.25, 0.3) is 0 Å². The Morgan fingerprint density at radius 3 is 2.75 bits per heavy atom. The maximum atomic E-state index is 12.0. The van der Waals surface area contributed by atoms with Gasteiger partial charge in [-0.2, -0.15) is 0 Å². The molecule has 0 fully saturated rings. The maximum Gasteiger partial charge on any atom is 0.234 e. The van der Waals surface area contributed by atoms with Gasteiger partial charge in [0.05, 0.1) is 12.1 Å². The molecule has 4 heteroatoms. The monoisotopic (exact) mass is 270 g/mol. The first-order valence-corrected chi connectivity index (χ1v) is 7.11. The minimum absolute atomic E-state index is 0.0555. The summed E-state index contributed by atoms with van der Waals surface area (Å²) in [6, 6.07) is 8.13. The van der Waals surface area contributed by atoms with Crippen molar-refractivity contribution in [2.75, 3.05) is 5.32 Å². The fourth-order valence-corrected chi connectivity index (χ4v) is 2.58. The number of fused-ring (bicyclic) bond motifs is 1. The zero-order valence-corrected chi connectivity index (χ0v) is 11.6. The summed E-state index contributed by atoms with van der Waals surface area (Å²) in [4.78, 5) is 12.0. The Balaban J connectivity index is 1.64. The molecule has 1 aromatic carbocycles. The predicted octanol–water partition coefficient (Wildman–Crippen LogP) is 2.91. The van der Waals surface area contributed by atoms with Gasteiger partial charge in [-0.1, -0.05) is 36.3 Å². The number of rotatable bonds is 4. The molecule has 3 rings (SSSR count). The van der Waals surface area contributed by atoms with Gasteiger partial charge in [0.1, 0.15) is 0 Å². The van der Waals surface area contributed by atoms with E-state index in [2.05, 4.69) is 29.5 Å². The summed E-state index contributed by atoms with van der Waals surface area (Å²) >= 11 is 0. The van der Waals surface area contributed by atoms with Gasteiger partial charge < -0.3 is 4.52 Å². The minimum Gasteiger partial charge on any atom is -0.338 e. The van der Waals surface area contributed by atoms with Gasteiger partial charge in [0.15, 0.2) is 0 Å². The van der Waals surface area contributed by atoms with Crippen molar-refractivity contribution in [2.24, 2.45) is 0 Å². The fraction of sp³-hybridized carbons (Fsp3) is 0.375. The lowest BCUT2D eigenvalue weighted by atomic mass is 10.1. The lowest BCUT2D eigenvalue weighted by molar-refractivity contribution is -0.115. The molecule has 20 heavy (non-hydrogen) atoms. The van der Waals surface area contributed by atoms with E-state index in [0.717, 1.165) is 42.5 Å². The number of nitrogens with one attached hydrogen (secondary N) is 1. The molecule has 0 bridgehead atoms. The molecular weight excluding hydrogens is 252 g/mol. The summed E-state index contributed by atoms with van der Waals surface area (Å²) in [6.45, 7) is 2.12. The molecule has 104 valence electrons. The second-order valence-electron chi connectivity index (χ2n) is 5.19. The Labute approximate surface area is 118 Å². The van der Waals surface area contributed by atoms with Crippen molar-refractivity contribution in [3.8, 4) is 0 Å². The van der Waals surface area contributed by atoms with E-state index in [0.29, 0.717) is 12.3 Å². The number of carbonyl (C=O) groups is 1. The number of anilines is 1. The van der Waals surface area contributed by atoms with Crippen molar-refractivity contribution < 1.29 is 9.32 Å². The van der Waals surface area contributed by atoms with Gasteiger partial charge in [-0.05, 0) is 36.8 Å². The van der Waals surface area contributed by atoms with Crippen LogP contribution in [0.2, 0.25) is 0 Å². The largest absolute Gasteiger partial charge is 0.338 e. The fourth-order valence-electron chi connectivity index (χ4n) is 2.58. The topological polar surface area (TPSA) is 55.1 Å².